The molecule has 4 aromatic rings. The number of aromatic nitrogens is 4. The predicted octanol–water partition coefficient (Wildman–Crippen LogP) is 6.92. The largest absolute Gasteiger partial charge is 0.338 e. The Hall–Kier alpha value is -2.34. The number of halogens is 3. The van der Waals surface area contributed by atoms with Crippen LogP contribution in [0, 0.1) is 6.92 Å². The minimum absolute atomic E-state index is 0.488. The molecule has 0 spiro atoms. The molecule has 5 nitrogen and oxygen atoms in total. The normalized spacial score (nSPS) is 11.2. The molecule has 0 aliphatic heterocycles. The summed E-state index contributed by atoms with van der Waals surface area (Å²) in [5.41, 5.74) is 4.17. The number of hydrogen-bond donors (Lipinski definition) is 1. The van der Waals surface area contributed by atoms with Gasteiger partial charge in [0.2, 0.25) is 0 Å². The molecule has 0 fully saturated rings. The van der Waals surface area contributed by atoms with Crippen molar-refractivity contribution in [3.8, 4) is 11.4 Å². The summed E-state index contributed by atoms with van der Waals surface area (Å²) in [6, 6.07) is 9.25. The van der Waals surface area contributed by atoms with Gasteiger partial charge < -0.3 is 9.88 Å². The molecule has 0 amide bonds. The van der Waals surface area contributed by atoms with Crippen LogP contribution in [0.3, 0.4) is 0 Å². The molecule has 0 aliphatic carbocycles. The van der Waals surface area contributed by atoms with Crippen molar-refractivity contribution in [2.75, 3.05) is 5.32 Å². The molecule has 0 radical (unpaired) electrons. The first-order chi connectivity index (χ1) is 14.0. The molecule has 0 unspecified atom stereocenters. The van der Waals surface area contributed by atoms with E-state index in [-0.39, 0.29) is 0 Å². The molecule has 0 saturated heterocycles. The summed E-state index contributed by atoms with van der Waals surface area (Å²) in [4.78, 5) is 13.5. The van der Waals surface area contributed by atoms with Crippen LogP contribution < -0.4 is 5.32 Å². The van der Waals surface area contributed by atoms with E-state index in [9.17, 15) is 0 Å². The third-order valence-electron chi connectivity index (χ3n) is 4.48. The van der Waals surface area contributed by atoms with Gasteiger partial charge in [-0.15, -0.1) is 0 Å². The van der Waals surface area contributed by atoms with Crippen molar-refractivity contribution in [2.45, 2.75) is 26.8 Å². The minimum atomic E-state index is 0.488. The Balaban J connectivity index is 1.76. The van der Waals surface area contributed by atoms with E-state index >= 15 is 0 Å². The third-order valence-corrected chi connectivity index (χ3v) is 5.28. The zero-order valence-corrected chi connectivity index (χ0v) is 18.1. The SMILES string of the molecule is CCCn1c(-c2cnc(Nc3ccc(C)nc3)c(Cl)c2)nc2cc(Cl)cc(Cl)c21. The van der Waals surface area contributed by atoms with Crippen LogP contribution in [0.25, 0.3) is 22.4 Å². The fourth-order valence-electron chi connectivity index (χ4n) is 3.18. The number of hydrogen-bond acceptors (Lipinski definition) is 4. The average molecular weight is 447 g/mol. The van der Waals surface area contributed by atoms with Crippen molar-refractivity contribution in [1.29, 1.82) is 0 Å². The lowest BCUT2D eigenvalue weighted by Crippen LogP contribution is -2.01. The summed E-state index contributed by atoms with van der Waals surface area (Å²) in [5, 5.41) is 4.80. The number of pyridine rings is 2. The van der Waals surface area contributed by atoms with E-state index in [1.807, 2.05) is 31.2 Å². The highest BCUT2D eigenvalue weighted by atomic mass is 35.5. The van der Waals surface area contributed by atoms with E-state index in [2.05, 4.69) is 26.8 Å². The molecule has 4 rings (SSSR count). The van der Waals surface area contributed by atoms with Gasteiger partial charge >= 0.3 is 0 Å². The van der Waals surface area contributed by atoms with E-state index in [0.717, 1.165) is 46.8 Å². The van der Waals surface area contributed by atoms with Gasteiger partial charge in [0.25, 0.3) is 0 Å². The van der Waals surface area contributed by atoms with Gasteiger partial charge in [-0.1, -0.05) is 41.7 Å². The van der Waals surface area contributed by atoms with Gasteiger partial charge in [0.15, 0.2) is 0 Å². The summed E-state index contributed by atoms with van der Waals surface area (Å²) < 4.78 is 2.08. The molecule has 0 aliphatic rings. The van der Waals surface area contributed by atoms with Gasteiger partial charge in [-0.3, -0.25) is 4.98 Å². The molecular formula is C21H18Cl3N5. The first kappa shape index (κ1) is 20.0. The van der Waals surface area contributed by atoms with Crippen molar-refractivity contribution in [1.82, 2.24) is 19.5 Å². The van der Waals surface area contributed by atoms with Crippen LogP contribution >= 0.6 is 34.8 Å². The lowest BCUT2D eigenvalue weighted by atomic mass is 10.2. The molecule has 3 heterocycles. The molecule has 29 heavy (non-hydrogen) atoms. The minimum Gasteiger partial charge on any atom is -0.338 e. The standard InChI is InChI=1S/C21H18Cl3N5/c1-3-6-29-19-16(23)8-14(22)9-18(19)28-21(29)13-7-17(24)20(26-10-13)27-15-5-4-12(2)25-11-15/h4-5,7-11H,3,6H2,1-2H3,(H,26,27). The first-order valence-electron chi connectivity index (χ1n) is 9.17. The first-order valence-corrected chi connectivity index (χ1v) is 10.3. The topological polar surface area (TPSA) is 55.6 Å². The summed E-state index contributed by atoms with van der Waals surface area (Å²) >= 11 is 19.1. The van der Waals surface area contributed by atoms with Crippen molar-refractivity contribution in [3.63, 3.8) is 0 Å². The monoisotopic (exact) mass is 445 g/mol. The maximum atomic E-state index is 6.52. The highest BCUT2D eigenvalue weighted by Crippen LogP contribution is 2.34. The van der Waals surface area contributed by atoms with E-state index in [4.69, 9.17) is 39.8 Å². The number of rotatable bonds is 5. The van der Waals surface area contributed by atoms with Crippen molar-refractivity contribution in [2.24, 2.45) is 0 Å². The van der Waals surface area contributed by atoms with Crippen molar-refractivity contribution < 1.29 is 0 Å². The van der Waals surface area contributed by atoms with Crippen LogP contribution in [0.1, 0.15) is 19.0 Å². The predicted molar refractivity (Wildman–Crippen MR) is 121 cm³/mol. The highest BCUT2D eigenvalue weighted by Gasteiger charge is 2.17. The molecule has 0 bridgehead atoms. The highest BCUT2D eigenvalue weighted by molar-refractivity contribution is 6.38. The van der Waals surface area contributed by atoms with Gasteiger partial charge in [-0.05, 0) is 43.7 Å². The van der Waals surface area contributed by atoms with E-state index in [1.165, 1.54) is 0 Å². The molecule has 148 valence electrons. The molecule has 1 aromatic carbocycles. The van der Waals surface area contributed by atoms with Gasteiger partial charge in [0.05, 0.1) is 33.0 Å². The zero-order chi connectivity index (χ0) is 20.5. The summed E-state index contributed by atoms with van der Waals surface area (Å²) in [6.45, 7) is 4.80. The van der Waals surface area contributed by atoms with Crippen LogP contribution in [0.5, 0.6) is 0 Å². The lowest BCUT2D eigenvalue weighted by molar-refractivity contribution is 0.704. The molecule has 0 saturated carbocycles. The van der Waals surface area contributed by atoms with Gasteiger partial charge in [-0.2, -0.15) is 0 Å². The van der Waals surface area contributed by atoms with Crippen LogP contribution in [0.2, 0.25) is 15.1 Å². The molecule has 1 N–H and O–H groups in total. The second-order valence-corrected chi connectivity index (χ2v) is 7.96. The lowest BCUT2D eigenvalue weighted by Gasteiger charge is -2.11. The van der Waals surface area contributed by atoms with Crippen molar-refractivity contribution >= 4 is 57.3 Å². The zero-order valence-electron chi connectivity index (χ0n) is 15.9. The summed E-state index contributed by atoms with van der Waals surface area (Å²) in [7, 11) is 0. The average Bonchev–Trinajstić information content (AvgIpc) is 3.04. The number of fused-ring (bicyclic) bond motifs is 1. The Morgan fingerprint density at radius 2 is 1.83 bits per heavy atom. The van der Waals surface area contributed by atoms with Crippen LogP contribution in [-0.2, 0) is 6.54 Å². The fraction of sp³-hybridized carbons (Fsp3) is 0.190. The van der Waals surface area contributed by atoms with Crippen molar-refractivity contribution in [3.05, 3.63) is 63.5 Å². The second kappa shape index (κ2) is 8.19. The molecular weight excluding hydrogens is 429 g/mol. The Labute approximate surface area is 183 Å². The van der Waals surface area contributed by atoms with Gasteiger partial charge in [-0.25, -0.2) is 9.97 Å². The van der Waals surface area contributed by atoms with E-state index in [0.29, 0.717) is 20.9 Å². The van der Waals surface area contributed by atoms with Crippen LogP contribution in [-0.4, -0.2) is 19.5 Å². The smallest absolute Gasteiger partial charge is 0.149 e. The fourth-order valence-corrected chi connectivity index (χ4v) is 3.98. The maximum Gasteiger partial charge on any atom is 0.149 e. The molecule has 8 heteroatoms. The van der Waals surface area contributed by atoms with E-state index in [1.54, 1.807) is 18.5 Å². The Morgan fingerprint density at radius 3 is 2.52 bits per heavy atom. The maximum absolute atomic E-state index is 6.52. The summed E-state index contributed by atoms with van der Waals surface area (Å²) in [6.07, 6.45) is 4.42. The third kappa shape index (κ3) is 4.04. The van der Waals surface area contributed by atoms with Gasteiger partial charge in [0.1, 0.15) is 11.6 Å². The van der Waals surface area contributed by atoms with Crippen LogP contribution in [0.15, 0.2) is 42.7 Å². The number of benzene rings is 1. The number of imidazole rings is 1. The summed E-state index contributed by atoms with van der Waals surface area (Å²) in [5.74, 6) is 1.31. The Kier molecular flexibility index (Phi) is 5.63. The number of nitrogens with zero attached hydrogens (tertiary/aromatic N) is 4. The second-order valence-electron chi connectivity index (χ2n) is 6.71. The number of anilines is 2. The number of nitrogens with one attached hydrogen (secondary N) is 1. The number of aryl methyl sites for hydroxylation is 2. The van der Waals surface area contributed by atoms with E-state index < -0.39 is 0 Å². The Bertz CT molecular complexity index is 1190. The quantitative estimate of drug-likeness (QED) is 0.361. The Morgan fingerprint density at radius 1 is 1.00 bits per heavy atom. The van der Waals surface area contributed by atoms with Gasteiger partial charge in [0, 0.05) is 29.0 Å². The molecule has 0 atom stereocenters. The molecule has 3 aromatic heterocycles. The van der Waals surface area contributed by atoms with Crippen LogP contribution in [0.4, 0.5) is 11.5 Å².